The highest BCUT2D eigenvalue weighted by Crippen LogP contribution is 2.36. The van der Waals surface area contributed by atoms with Crippen LogP contribution in [0.1, 0.15) is 0 Å². The topological polar surface area (TPSA) is 17.8 Å². The first kappa shape index (κ1) is 13.3. The second-order valence-corrected chi connectivity index (χ2v) is 6.16. The number of para-hydroxylation sites is 1. The average molecular weight is 308 g/mol. The SMILES string of the molecule is Cn1c2ccccc2c2ccnc(-c3cccc4ccccc34)c21. The molecule has 0 spiro atoms. The van der Waals surface area contributed by atoms with Crippen LogP contribution in [0.3, 0.4) is 0 Å². The number of hydrogen-bond acceptors (Lipinski definition) is 1. The molecule has 0 aliphatic rings. The van der Waals surface area contributed by atoms with Crippen molar-refractivity contribution in [1.29, 1.82) is 0 Å². The Kier molecular flexibility index (Phi) is 2.74. The smallest absolute Gasteiger partial charge is 0.0951 e. The number of fused-ring (bicyclic) bond motifs is 4. The normalized spacial score (nSPS) is 11.5. The largest absolute Gasteiger partial charge is 0.342 e. The van der Waals surface area contributed by atoms with E-state index < -0.39 is 0 Å². The first-order chi connectivity index (χ1) is 11.8. The van der Waals surface area contributed by atoms with Crippen LogP contribution in [-0.2, 0) is 7.05 Å². The molecule has 2 heteroatoms. The number of aryl methyl sites for hydroxylation is 1. The molecule has 24 heavy (non-hydrogen) atoms. The minimum atomic E-state index is 1.04. The lowest BCUT2D eigenvalue weighted by molar-refractivity contribution is 1.01. The molecule has 0 fully saturated rings. The Bertz CT molecular complexity index is 1210. The molecule has 0 N–H and O–H groups in total. The van der Waals surface area contributed by atoms with Crippen LogP contribution in [0.25, 0.3) is 43.8 Å². The van der Waals surface area contributed by atoms with Crippen molar-refractivity contribution in [3.63, 3.8) is 0 Å². The number of hydrogen-bond donors (Lipinski definition) is 0. The predicted molar refractivity (Wildman–Crippen MR) is 101 cm³/mol. The van der Waals surface area contributed by atoms with Gasteiger partial charge in [-0.15, -0.1) is 0 Å². The molecule has 0 aliphatic heterocycles. The number of rotatable bonds is 1. The summed E-state index contributed by atoms with van der Waals surface area (Å²) in [7, 11) is 2.13. The summed E-state index contributed by atoms with van der Waals surface area (Å²) in [5.41, 5.74) is 4.66. The fourth-order valence-corrected chi connectivity index (χ4v) is 3.75. The molecule has 0 saturated carbocycles. The monoisotopic (exact) mass is 308 g/mol. The van der Waals surface area contributed by atoms with Crippen LogP contribution in [0, 0.1) is 0 Å². The molecule has 0 radical (unpaired) electrons. The molecule has 0 unspecified atom stereocenters. The van der Waals surface area contributed by atoms with Crippen molar-refractivity contribution in [3.8, 4) is 11.3 Å². The van der Waals surface area contributed by atoms with Gasteiger partial charge in [-0.3, -0.25) is 4.98 Å². The Morgan fingerprint density at radius 3 is 2.38 bits per heavy atom. The lowest BCUT2D eigenvalue weighted by atomic mass is 10.0. The van der Waals surface area contributed by atoms with Gasteiger partial charge in [0, 0.05) is 35.1 Å². The predicted octanol–water partition coefficient (Wildman–Crippen LogP) is 5.55. The number of pyridine rings is 1. The molecule has 0 amide bonds. The van der Waals surface area contributed by atoms with Gasteiger partial charge in [-0.25, -0.2) is 0 Å². The summed E-state index contributed by atoms with van der Waals surface area (Å²) in [6.45, 7) is 0. The highest BCUT2D eigenvalue weighted by Gasteiger charge is 2.15. The van der Waals surface area contributed by atoms with Crippen LogP contribution in [0.2, 0.25) is 0 Å². The van der Waals surface area contributed by atoms with E-state index in [0.717, 1.165) is 5.69 Å². The van der Waals surface area contributed by atoms with Crippen molar-refractivity contribution < 1.29 is 0 Å². The highest BCUT2D eigenvalue weighted by atomic mass is 15.0. The van der Waals surface area contributed by atoms with Gasteiger partial charge in [-0.1, -0.05) is 60.7 Å². The summed E-state index contributed by atoms with van der Waals surface area (Å²) >= 11 is 0. The van der Waals surface area contributed by atoms with Gasteiger partial charge >= 0.3 is 0 Å². The number of benzene rings is 3. The van der Waals surface area contributed by atoms with Gasteiger partial charge in [-0.05, 0) is 22.9 Å². The number of nitrogens with zero attached hydrogens (tertiary/aromatic N) is 2. The van der Waals surface area contributed by atoms with Crippen molar-refractivity contribution in [2.24, 2.45) is 7.05 Å². The van der Waals surface area contributed by atoms with E-state index in [1.807, 2.05) is 6.20 Å². The third-order valence-corrected chi connectivity index (χ3v) is 4.86. The quantitative estimate of drug-likeness (QED) is 0.397. The van der Waals surface area contributed by atoms with Crippen molar-refractivity contribution >= 4 is 32.6 Å². The molecule has 0 aliphatic carbocycles. The van der Waals surface area contributed by atoms with E-state index in [1.54, 1.807) is 0 Å². The summed E-state index contributed by atoms with van der Waals surface area (Å²) in [6, 6.07) is 25.6. The van der Waals surface area contributed by atoms with E-state index in [2.05, 4.69) is 84.4 Å². The Morgan fingerprint density at radius 2 is 1.46 bits per heavy atom. The molecule has 0 saturated heterocycles. The summed E-state index contributed by atoms with van der Waals surface area (Å²) in [4.78, 5) is 4.76. The van der Waals surface area contributed by atoms with Crippen molar-refractivity contribution in [2.75, 3.05) is 0 Å². The van der Waals surface area contributed by atoms with Gasteiger partial charge in [0.2, 0.25) is 0 Å². The van der Waals surface area contributed by atoms with Crippen LogP contribution < -0.4 is 0 Å². The molecule has 3 aromatic carbocycles. The summed E-state index contributed by atoms with van der Waals surface area (Å²) in [5.74, 6) is 0. The maximum atomic E-state index is 4.76. The maximum absolute atomic E-state index is 4.76. The van der Waals surface area contributed by atoms with Gasteiger partial charge in [0.05, 0.1) is 11.2 Å². The van der Waals surface area contributed by atoms with Crippen LogP contribution in [-0.4, -0.2) is 9.55 Å². The third kappa shape index (κ3) is 1.74. The number of aromatic nitrogens is 2. The fraction of sp³-hybridized carbons (Fsp3) is 0.0455. The molecule has 114 valence electrons. The lowest BCUT2D eigenvalue weighted by Crippen LogP contribution is -1.93. The zero-order chi connectivity index (χ0) is 16.1. The van der Waals surface area contributed by atoms with E-state index in [0.29, 0.717) is 0 Å². The third-order valence-electron chi connectivity index (χ3n) is 4.86. The minimum absolute atomic E-state index is 1.04. The maximum Gasteiger partial charge on any atom is 0.0951 e. The second kappa shape index (κ2) is 4.93. The molecule has 0 bridgehead atoms. The van der Waals surface area contributed by atoms with Crippen LogP contribution in [0.15, 0.2) is 79.0 Å². The summed E-state index contributed by atoms with van der Waals surface area (Å²) in [5, 5.41) is 5.02. The van der Waals surface area contributed by atoms with E-state index in [1.165, 1.54) is 38.1 Å². The van der Waals surface area contributed by atoms with Gasteiger partial charge in [-0.2, -0.15) is 0 Å². The van der Waals surface area contributed by atoms with E-state index in [9.17, 15) is 0 Å². The van der Waals surface area contributed by atoms with Crippen molar-refractivity contribution in [3.05, 3.63) is 79.0 Å². The van der Waals surface area contributed by atoms with Crippen LogP contribution >= 0.6 is 0 Å². The van der Waals surface area contributed by atoms with Crippen molar-refractivity contribution in [2.45, 2.75) is 0 Å². The first-order valence-corrected chi connectivity index (χ1v) is 8.15. The molecular formula is C22H16N2. The summed E-state index contributed by atoms with van der Waals surface area (Å²) < 4.78 is 2.26. The average Bonchev–Trinajstić information content (AvgIpc) is 2.95. The molecular weight excluding hydrogens is 292 g/mol. The zero-order valence-corrected chi connectivity index (χ0v) is 13.4. The van der Waals surface area contributed by atoms with E-state index in [-0.39, 0.29) is 0 Å². The van der Waals surface area contributed by atoms with E-state index >= 15 is 0 Å². The van der Waals surface area contributed by atoms with Crippen LogP contribution in [0.5, 0.6) is 0 Å². The molecule has 0 atom stereocenters. The molecule has 2 nitrogen and oxygen atoms in total. The van der Waals surface area contributed by atoms with Gasteiger partial charge < -0.3 is 4.57 Å². The minimum Gasteiger partial charge on any atom is -0.342 e. The molecule has 5 rings (SSSR count). The van der Waals surface area contributed by atoms with Crippen molar-refractivity contribution in [1.82, 2.24) is 9.55 Å². The first-order valence-electron chi connectivity index (χ1n) is 8.15. The standard InChI is InChI=1S/C22H16N2/c1-24-20-12-5-4-10-17(20)19-13-14-23-21(22(19)24)18-11-6-8-15-7-2-3-9-16(15)18/h2-14H,1H3. The highest BCUT2D eigenvalue weighted by molar-refractivity contribution is 6.13. The van der Waals surface area contributed by atoms with Gasteiger partial charge in [0.15, 0.2) is 0 Å². The Balaban J connectivity index is 1.97. The summed E-state index contributed by atoms with van der Waals surface area (Å²) in [6.07, 6.45) is 1.92. The lowest BCUT2D eigenvalue weighted by Gasteiger charge is -2.09. The van der Waals surface area contributed by atoms with E-state index in [4.69, 9.17) is 4.98 Å². The van der Waals surface area contributed by atoms with Gasteiger partial charge in [0.1, 0.15) is 0 Å². The Morgan fingerprint density at radius 1 is 0.708 bits per heavy atom. The Labute approximate surface area is 140 Å². The van der Waals surface area contributed by atoms with Gasteiger partial charge in [0.25, 0.3) is 0 Å². The Hall–Kier alpha value is -3.13. The molecule has 5 aromatic rings. The zero-order valence-electron chi connectivity index (χ0n) is 13.4. The molecule has 2 aromatic heterocycles. The fourth-order valence-electron chi connectivity index (χ4n) is 3.75. The second-order valence-electron chi connectivity index (χ2n) is 6.16. The molecule has 2 heterocycles. The van der Waals surface area contributed by atoms with Crippen LogP contribution in [0.4, 0.5) is 0 Å².